The van der Waals surface area contributed by atoms with Crippen LogP contribution in [0.5, 0.6) is 0 Å². The highest BCUT2D eigenvalue weighted by atomic mass is 16.3. The van der Waals surface area contributed by atoms with Crippen molar-refractivity contribution in [3.63, 3.8) is 0 Å². The summed E-state index contributed by atoms with van der Waals surface area (Å²) in [6.07, 6.45) is 3.63. The topological polar surface area (TPSA) is 28.9 Å². The van der Waals surface area contributed by atoms with Crippen LogP contribution in [0, 0.1) is 6.92 Å². The van der Waals surface area contributed by atoms with Gasteiger partial charge < -0.3 is 9.40 Å². The van der Waals surface area contributed by atoms with E-state index in [-0.39, 0.29) is 0 Å². The van der Waals surface area contributed by atoms with Crippen molar-refractivity contribution >= 4 is 0 Å². The molecule has 0 saturated heterocycles. The van der Waals surface area contributed by atoms with E-state index >= 15 is 0 Å². The number of hydrogen-bond donors (Lipinski definition) is 1. The lowest BCUT2D eigenvalue weighted by molar-refractivity contribution is 0.580. The van der Waals surface area contributed by atoms with Crippen molar-refractivity contribution < 1.29 is 4.42 Å². The predicted octanol–water partition coefficient (Wildman–Crippen LogP) is 2.58. The fourth-order valence-electron chi connectivity index (χ4n) is 1.08. The van der Waals surface area contributed by atoms with Crippen molar-refractivity contribution in [3.05, 3.63) is 36.2 Å². The minimum Gasteiger partial charge on any atom is -0.463 e. The van der Waals surface area contributed by atoms with Gasteiger partial charge in [-0.25, -0.2) is 0 Å². The summed E-state index contributed by atoms with van der Waals surface area (Å²) in [6, 6.07) is 5.87. The van der Waals surface area contributed by atoms with Gasteiger partial charge in [0.25, 0.3) is 0 Å². The molecule has 2 heterocycles. The number of hydrogen-bond acceptors (Lipinski definition) is 1. The smallest absolute Gasteiger partial charge is 0.150 e. The third-order valence-corrected chi connectivity index (χ3v) is 1.61. The molecule has 0 amide bonds. The molecule has 2 aromatic rings. The van der Waals surface area contributed by atoms with Gasteiger partial charge in [0, 0.05) is 6.20 Å². The van der Waals surface area contributed by atoms with Crippen LogP contribution in [0.25, 0.3) is 11.5 Å². The van der Waals surface area contributed by atoms with Crippen molar-refractivity contribution in [2.45, 2.75) is 6.92 Å². The first kappa shape index (κ1) is 6.28. The molecule has 0 bridgehead atoms. The first-order valence-corrected chi connectivity index (χ1v) is 3.55. The summed E-state index contributed by atoms with van der Waals surface area (Å²) in [5.41, 5.74) is 2.25. The molecule has 0 atom stereocenters. The van der Waals surface area contributed by atoms with E-state index in [4.69, 9.17) is 4.42 Å². The largest absolute Gasteiger partial charge is 0.463 e. The van der Waals surface area contributed by atoms with E-state index in [1.54, 1.807) is 6.26 Å². The quantitative estimate of drug-likeness (QED) is 0.659. The summed E-state index contributed by atoms with van der Waals surface area (Å²) < 4.78 is 5.20. The molecular weight excluding hydrogens is 138 g/mol. The molecule has 0 saturated carbocycles. The van der Waals surface area contributed by atoms with Gasteiger partial charge in [-0.1, -0.05) is 0 Å². The third kappa shape index (κ3) is 1.07. The maximum absolute atomic E-state index is 5.20. The lowest BCUT2D eigenvalue weighted by Gasteiger charge is -1.87. The summed E-state index contributed by atoms with van der Waals surface area (Å²) in [4.78, 5) is 3.11. The number of aromatic nitrogens is 1. The Hall–Kier alpha value is -1.44. The van der Waals surface area contributed by atoms with Crippen LogP contribution < -0.4 is 0 Å². The Morgan fingerprint density at radius 3 is 2.91 bits per heavy atom. The minimum absolute atomic E-state index is 0.887. The van der Waals surface area contributed by atoms with Crippen LogP contribution in [0.4, 0.5) is 0 Å². The number of H-pyrrole nitrogens is 1. The summed E-state index contributed by atoms with van der Waals surface area (Å²) in [5, 5.41) is 0. The van der Waals surface area contributed by atoms with Gasteiger partial charge in [-0.2, -0.15) is 0 Å². The maximum Gasteiger partial charge on any atom is 0.150 e. The SMILES string of the molecule is Cc1c[nH]c(-c2ccco2)c1. The third-order valence-electron chi connectivity index (χ3n) is 1.61. The Balaban J connectivity index is 2.45. The van der Waals surface area contributed by atoms with Crippen LogP contribution in [0.1, 0.15) is 5.56 Å². The molecule has 0 aliphatic rings. The molecular formula is C9H9NO. The van der Waals surface area contributed by atoms with E-state index in [1.165, 1.54) is 5.56 Å². The molecule has 2 heteroatoms. The first-order chi connectivity index (χ1) is 5.36. The van der Waals surface area contributed by atoms with Gasteiger partial charge in [-0.15, -0.1) is 0 Å². The van der Waals surface area contributed by atoms with Crippen LogP contribution in [0.15, 0.2) is 35.1 Å². The Kier molecular flexibility index (Phi) is 1.32. The Bertz CT molecular complexity index is 332. The van der Waals surface area contributed by atoms with Crippen molar-refractivity contribution in [2.24, 2.45) is 0 Å². The molecule has 0 unspecified atom stereocenters. The van der Waals surface area contributed by atoms with Crippen LogP contribution in [-0.4, -0.2) is 4.98 Å². The van der Waals surface area contributed by atoms with Crippen LogP contribution >= 0.6 is 0 Å². The van der Waals surface area contributed by atoms with E-state index in [1.807, 2.05) is 25.3 Å². The van der Waals surface area contributed by atoms with Gasteiger partial charge in [0.2, 0.25) is 0 Å². The van der Waals surface area contributed by atoms with Crippen LogP contribution in [0.2, 0.25) is 0 Å². The number of rotatable bonds is 1. The Morgan fingerprint density at radius 2 is 2.36 bits per heavy atom. The van der Waals surface area contributed by atoms with E-state index in [9.17, 15) is 0 Å². The highest BCUT2D eigenvalue weighted by molar-refractivity contribution is 5.53. The first-order valence-electron chi connectivity index (χ1n) is 3.55. The van der Waals surface area contributed by atoms with Gasteiger partial charge in [-0.3, -0.25) is 0 Å². The van der Waals surface area contributed by atoms with Gasteiger partial charge in [-0.05, 0) is 30.7 Å². The van der Waals surface area contributed by atoms with Crippen molar-refractivity contribution in [3.8, 4) is 11.5 Å². The van der Waals surface area contributed by atoms with Crippen molar-refractivity contribution in [1.82, 2.24) is 4.98 Å². The molecule has 56 valence electrons. The highest BCUT2D eigenvalue weighted by Crippen LogP contribution is 2.18. The molecule has 0 radical (unpaired) electrons. The highest BCUT2D eigenvalue weighted by Gasteiger charge is 2.00. The summed E-state index contributed by atoms with van der Waals surface area (Å²) in [7, 11) is 0. The maximum atomic E-state index is 5.20. The molecule has 2 nitrogen and oxygen atoms in total. The minimum atomic E-state index is 0.887. The fraction of sp³-hybridized carbons (Fsp3) is 0.111. The van der Waals surface area contributed by atoms with Crippen LogP contribution in [-0.2, 0) is 0 Å². The zero-order valence-corrected chi connectivity index (χ0v) is 6.29. The molecule has 2 aromatic heterocycles. The lowest BCUT2D eigenvalue weighted by atomic mass is 10.3. The standard InChI is InChI=1S/C9H9NO/c1-7-5-8(10-6-7)9-3-2-4-11-9/h2-6,10H,1H3. The second-order valence-corrected chi connectivity index (χ2v) is 2.57. The molecule has 0 aliphatic carbocycles. The summed E-state index contributed by atoms with van der Waals surface area (Å²) >= 11 is 0. The second kappa shape index (κ2) is 2.31. The zero-order chi connectivity index (χ0) is 7.68. The summed E-state index contributed by atoms with van der Waals surface area (Å²) in [6.45, 7) is 2.04. The molecule has 0 aromatic carbocycles. The Labute approximate surface area is 64.9 Å². The molecule has 2 rings (SSSR count). The van der Waals surface area contributed by atoms with E-state index < -0.39 is 0 Å². The number of furan rings is 1. The van der Waals surface area contributed by atoms with Gasteiger partial charge >= 0.3 is 0 Å². The predicted molar refractivity (Wildman–Crippen MR) is 43.2 cm³/mol. The number of aromatic amines is 1. The monoisotopic (exact) mass is 147 g/mol. The van der Waals surface area contributed by atoms with Gasteiger partial charge in [0.1, 0.15) is 5.76 Å². The van der Waals surface area contributed by atoms with Gasteiger partial charge in [0.05, 0.1) is 12.0 Å². The molecule has 0 fully saturated rings. The number of aryl methyl sites for hydroxylation is 1. The fourth-order valence-corrected chi connectivity index (χ4v) is 1.08. The molecule has 0 aliphatic heterocycles. The second-order valence-electron chi connectivity index (χ2n) is 2.57. The van der Waals surface area contributed by atoms with E-state index in [0.29, 0.717) is 0 Å². The summed E-state index contributed by atoms with van der Waals surface area (Å²) in [5.74, 6) is 0.887. The average Bonchev–Trinajstić information content (AvgIpc) is 2.55. The normalized spacial score (nSPS) is 10.3. The lowest BCUT2D eigenvalue weighted by Crippen LogP contribution is -1.68. The number of nitrogens with one attached hydrogen (secondary N) is 1. The molecule has 11 heavy (non-hydrogen) atoms. The average molecular weight is 147 g/mol. The molecule has 1 N–H and O–H groups in total. The van der Waals surface area contributed by atoms with Crippen LogP contribution in [0.3, 0.4) is 0 Å². The molecule has 0 spiro atoms. The van der Waals surface area contributed by atoms with Crippen molar-refractivity contribution in [1.29, 1.82) is 0 Å². The van der Waals surface area contributed by atoms with Gasteiger partial charge in [0.15, 0.2) is 0 Å². The Morgan fingerprint density at radius 1 is 1.45 bits per heavy atom. The van der Waals surface area contributed by atoms with E-state index in [2.05, 4.69) is 11.1 Å². The zero-order valence-electron chi connectivity index (χ0n) is 6.29. The van der Waals surface area contributed by atoms with E-state index in [0.717, 1.165) is 11.5 Å². The van der Waals surface area contributed by atoms with Crippen molar-refractivity contribution in [2.75, 3.05) is 0 Å².